The summed E-state index contributed by atoms with van der Waals surface area (Å²) in [5.74, 6) is -0.495. The highest BCUT2D eigenvalue weighted by Gasteiger charge is 2.24. The average molecular weight is 788 g/mol. The first-order valence-corrected chi connectivity index (χ1v) is 24.2. The van der Waals surface area contributed by atoms with Crippen molar-refractivity contribution in [3.8, 4) is 0 Å². The molecule has 0 aromatic rings. The molecule has 0 aliphatic heterocycles. The Balaban J connectivity index is 4.57. The van der Waals surface area contributed by atoms with Crippen LogP contribution in [-0.4, -0.2) is 46.9 Å². The number of ether oxygens (including phenoxy) is 1. The fourth-order valence-corrected chi connectivity index (χ4v) is 7.29. The Morgan fingerprint density at radius 3 is 1.46 bits per heavy atom. The topological polar surface area (TPSA) is 95.9 Å². The third kappa shape index (κ3) is 38.9. The molecule has 0 aromatic carbocycles. The van der Waals surface area contributed by atoms with Crippen LogP contribution < -0.4 is 5.32 Å². The number of rotatable bonds is 43. The fourth-order valence-electron chi connectivity index (χ4n) is 7.29. The molecular weight excluding hydrogens is 695 g/mol. The summed E-state index contributed by atoms with van der Waals surface area (Å²) in [4.78, 5) is 26.0. The lowest BCUT2D eigenvalue weighted by molar-refractivity contribution is -0.151. The van der Waals surface area contributed by atoms with Crippen molar-refractivity contribution in [1.29, 1.82) is 0 Å². The number of esters is 1. The number of aliphatic hydroxyl groups is 2. The van der Waals surface area contributed by atoms with E-state index < -0.39 is 18.2 Å². The maximum atomic E-state index is 13.1. The van der Waals surface area contributed by atoms with E-state index in [-0.39, 0.29) is 24.9 Å². The number of hydrogen-bond acceptors (Lipinski definition) is 5. The number of unbranched alkanes of at least 4 members (excludes halogenated alkanes) is 25. The van der Waals surface area contributed by atoms with Crippen LogP contribution in [0.5, 0.6) is 0 Å². The molecule has 56 heavy (non-hydrogen) atoms. The summed E-state index contributed by atoms with van der Waals surface area (Å²) < 4.78 is 5.91. The minimum absolute atomic E-state index is 0.0662. The molecule has 6 nitrogen and oxygen atoms in total. The van der Waals surface area contributed by atoms with Crippen LogP contribution in [0.3, 0.4) is 0 Å². The van der Waals surface area contributed by atoms with E-state index in [0.717, 1.165) is 83.5 Å². The van der Waals surface area contributed by atoms with Gasteiger partial charge in [-0.1, -0.05) is 192 Å². The first-order valence-electron chi connectivity index (χ1n) is 24.2. The Hall–Kier alpha value is -1.92. The van der Waals surface area contributed by atoms with Crippen LogP contribution in [-0.2, 0) is 14.3 Å². The van der Waals surface area contributed by atoms with Crippen molar-refractivity contribution >= 4 is 11.9 Å². The second-order valence-corrected chi connectivity index (χ2v) is 16.5. The summed E-state index contributed by atoms with van der Waals surface area (Å²) in [6.45, 7) is 6.35. The minimum atomic E-state index is -0.789. The first kappa shape index (κ1) is 54.1. The molecule has 0 rings (SSSR count). The number of allylic oxidation sites excluding steroid dienone is 6. The average Bonchev–Trinajstić information content (AvgIpc) is 3.19. The second kappa shape index (κ2) is 44.2. The smallest absolute Gasteiger partial charge is 0.306 e. The summed E-state index contributed by atoms with van der Waals surface area (Å²) in [5.41, 5.74) is 0. The van der Waals surface area contributed by atoms with Crippen molar-refractivity contribution in [2.24, 2.45) is 0 Å². The Bertz CT molecular complexity index is 930. The molecule has 0 aliphatic rings. The molecule has 0 radical (unpaired) electrons. The number of aliphatic hydroxyl groups excluding tert-OH is 2. The number of carbonyl (C=O) groups excluding carboxylic acids is 2. The fraction of sp³-hybridized carbons (Fsp3) is 0.840. The molecule has 3 unspecified atom stereocenters. The molecule has 0 heterocycles. The van der Waals surface area contributed by atoms with Crippen molar-refractivity contribution < 1.29 is 24.5 Å². The molecule has 3 N–H and O–H groups in total. The zero-order valence-corrected chi connectivity index (χ0v) is 37.3. The van der Waals surface area contributed by atoms with Gasteiger partial charge in [0.15, 0.2) is 0 Å². The van der Waals surface area contributed by atoms with Crippen LogP contribution in [0.2, 0.25) is 0 Å². The van der Waals surface area contributed by atoms with E-state index in [1.165, 1.54) is 116 Å². The Labute approximate surface area is 347 Å². The van der Waals surface area contributed by atoms with E-state index in [9.17, 15) is 19.8 Å². The molecule has 0 saturated heterocycles. The van der Waals surface area contributed by atoms with Crippen molar-refractivity contribution in [2.75, 3.05) is 6.61 Å². The predicted molar refractivity (Wildman–Crippen MR) is 241 cm³/mol. The van der Waals surface area contributed by atoms with E-state index in [4.69, 9.17) is 4.74 Å². The minimum Gasteiger partial charge on any atom is -0.462 e. The summed E-state index contributed by atoms with van der Waals surface area (Å²) in [6.07, 6.45) is 50.6. The maximum absolute atomic E-state index is 13.1. The Kier molecular flexibility index (Phi) is 42.7. The van der Waals surface area contributed by atoms with Gasteiger partial charge in [0.25, 0.3) is 0 Å². The van der Waals surface area contributed by atoms with Gasteiger partial charge >= 0.3 is 5.97 Å². The summed E-state index contributed by atoms with van der Waals surface area (Å²) in [6, 6.07) is -0.704. The van der Waals surface area contributed by atoms with Gasteiger partial charge < -0.3 is 20.3 Å². The number of carbonyl (C=O) groups is 2. The van der Waals surface area contributed by atoms with Gasteiger partial charge in [-0.25, -0.2) is 0 Å². The molecule has 0 spiro atoms. The second-order valence-electron chi connectivity index (χ2n) is 16.5. The van der Waals surface area contributed by atoms with Crippen LogP contribution in [0, 0.1) is 0 Å². The molecule has 0 bridgehead atoms. The molecule has 0 aliphatic carbocycles. The highest BCUT2D eigenvalue weighted by atomic mass is 16.5. The maximum Gasteiger partial charge on any atom is 0.306 e. The Morgan fingerprint density at radius 2 is 0.964 bits per heavy atom. The molecule has 328 valence electrons. The lowest BCUT2D eigenvalue weighted by atomic mass is 10.0. The zero-order valence-electron chi connectivity index (χ0n) is 37.3. The quantitative estimate of drug-likeness (QED) is 0.0325. The number of nitrogens with one attached hydrogen (secondary N) is 1. The molecule has 0 fully saturated rings. The summed E-state index contributed by atoms with van der Waals surface area (Å²) in [5, 5.41) is 23.6. The summed E-state index contributed by atoms with van der Waals surface area (Å²) >= 11 is 0. The van der Waals surface area contributed by atoms with Gasteiger partial charge in [-0.3, -0.25) is 9.59 Å². The molecule has 0 aromatic heterocycles. The third-order valence-electron chi connectivity index (χ3n) is 11.0. The van der Waals surface area contributed by atoms with E-state index >= 15 is 0 Å². The molecule has 6 heteroatoms. The SMILES string of the molecule is CC/C=C/C/C=C/CCCCCCCC(CC(=O)NC(CO)C(O)CCCCCCCCCCC)OC(=O)CCCCCCC/C=C/CCCCCCCCC. The van der Waals surface area contributed by atoms with Gasteiger partial charge in [0.05, 0.1) is 25.2 Å². The monoisotopic (exact) mass is 788 g/mol. The zero-order chi connectivity index (χ0) is 41.0. The van der Waals surface area contributed by atoms with Crippen molar-refractivity contribution in [3.63, 3.8) is 0 Å². The van der Waals surface area contributed by atoms with Crippen LogP contribution in [0.1, 0.15) is 245 Å². The molecular formula is C50H93NO5. The van der Waals surface area contributed by atoms with E-state index in [1.807, 2.05) is 0 Å². The third-order valence-corrected chi connectivity index (χ3v) is 11.0. The normalized spacial score (nSPS) is 13.6. The summed E-state index contributed by atoms with van der Waals surface area (Å²) in [7, 11) is 0. The molecule has 3 atom stereocenters. The number of amides is 1. The highest BCUT2D eigenvalue weighted by Crippen LogP contribution is 2.17. The first-order chi connectivity index (χ1) is 27.5. The lowest BCUT2D eigenvalue weighted by Crippen LogP contribution is -2.46. The van der Waals surface area contributed by atoms with Gasteiger partial charge in [-0.05, 0) is 77.0 Å². The van der Waals surface area contributed by atoms with Gasteiger partial charge in [0.2, 0.25) is 5.91 Å². The lowest BCUT2D eigenvalue weighted by Gasteiger charge is -2.24. The molecule has 0 saturated carbocycles. The van der Waals surface area contributed by atoms with Crippen LogP contribution in [0.25, 0.3) is 0 Å². The van der Waals surface area contributed by atoms with Crippen molar-refractivity contribution in [1.82, 2.24) is 5.32 Å². The van der Waals surface area contributed by atoms with Gasteiger partial charge in [0.1, 0.15) is 6.10 Å². The van der Waals surface area contributed by atoms with E-state index in [0.29, 0.717) is 19.3 Å². The highest BCUT2D eigenvalue weighted by molar-refractivity contribution is 5.77. The van der Waals surface area contributed by atoms with Crippen molar-refractivity contribution in [3.05, 3.63) is 36.5 Å². The van der Waals surface area contributed by atoms with Crippen LogP contribution in [0.15, 0.2) is 36.5 Å². The van der Waals surface area contributed by atoms with E-state index in [1.54, 1.807) is 0 Å². The van der Waals surface area contributed by atoms with Crippen LogP contribution in [0.4, 0.5) is 0 Å². The van der Waals surface area contributed by atoms with Crippen molar-refractivity contribution in [2.45, 2.75) is 264 Å². The number of hydrogen-bond donors (Lipinski definition) is 3. The van der Waals surface area contributed by atoms with Crippen LogP contribution >= 0.6 is 0 Å². The van der Waals surface area contributed by atoms with Gasteiger partial charge in [-0.2, -0.15) is 0 Å². The predicted octanol–water partition coefficient (Wildman–Crippen LogP) is 14.1. The van der Waals surface area contributed by atoms with E-state index in [2.05, 4.69) is 62.5 Å². The van der Waals surface area contributed by atoms with Gasteiger partial charge in [-0.15, -0.1) is 0 Å². The van der Waals surface area contributed by atoms with Gasteiger partial charge in [0, 0.05) is 6.42 Å². The standard InChI is InChI=1S/C50H93NO5/c1-4-7-10-13-16-19-21-23-24-25-26-28-31-34-37-40-43-50(55)56-46(41-38-35-32-30-27-22-20-17-14-11-8-5-2)44-49(54)51-47(45-52)48(53)42-39-36-33-29-18-15-12-9-6-3/h8,11,17,20,24-25,46-48,52-53H,4-7,9-10,12-16,18-19,21-23,26-45H2,1-3H3,(H,51,54)/b11-8+,20-17+,25-24+. The Morgan fingerprint density at radius 1 is 0.536 bits per heavy atom. The molecule has 1 amide bonds. The largest absolute Gasteiger partial charge is 0.462 e.